The molecule has 1 fully saturated rings. The SMILES string of the molecule is CC(COC(N)=O)C1CCCCC1. The minimum atomic E-state index is -0.650. The molecule has 13 heavy (non-hydrogen) atoms. The lowest BCUT2D eigenvalue weighted by Gasteiger charge is -2.26. The Morgan fingerprint density at radius 2 is 2.08 bits per heavy atom. The van der Waals surface area contributed by atoms with Crippen LogP contribution in [0.1, 0.15) is 39.0 Å². The van der Waals surface area contributed by atoms with Crippen molar-refractivity contribution in [2.24, 2.45) is 17.6 Å². The van der Waals surface area contributed by atoms with E-state index in [9.17, 15) is 4.79 Å². The van der Waals surface area contributed by atoms with Gasteiger partial charge in [0.15, 0.2) is 0 Å². The van der Waals surface area contributed by atoms with E-state index in [1.165, 1.54) is 32.1 Å². The minimum Gasteiger partial charge on any atom is -0.449 e. The number of ether oxygens (including phenoxy) is 1. The summed E-state index contributed by atoms with van der Waals surface area (Å²) in [6.45, 7) is 2.62. The second-order valence-electron chi connectivity index (χ2n) is 4.01. The van der Waals surface area contributed by atoms with Crippen LogP contribution in [0.5, 0.6) is 0 Å². The van der Waals surface area contributed by atoms with Gasteiger partial charge in [0.1, 0.15) is 0 Å². The highest BCUT2D eigenvalue weighted by Crippen LogP contribution is 2.29. The van der Waals surface area contributed by atoms with Crippen molar-refractivity contribution in [1.29, 1.82) is 0 Å². The molecule has 1 unspecified atom stereocenters. The van der Waals surface area contributed by atoms with Crippen LogP contribution < -0.4 is 5.73 Å². The summed E-state index contributed by atoms with van der Waals surface area (Å²) < 4.78 is 4.80. The Balaban J connectivity index is 2.20. The van der Waals surface area contributed by atoms with E-state index >= 15 is 0 Å². The molecule has 1 aliphatic rings. The van der Waals surface area contributed by atoms with E-state index < -0.39 is 6.09 Å². The van der Waals surface area contributed by atoms with Crippen LogP contribution in [-0.2, 0) is 4.74 Å². The second-order valence-corrected chi connectivity index (χ2v) is 4.01. The van der Waals surface area contributed by atoms with E-state index in [0.29, 0.717) is 12.5 Å². The molecule has 0 aliphatic heterocycles. The standard InChI is InChI=1S/C10H19NO2/c1-8(7-13-10(11)12)9-5-3-2-4-6-9/h8-9H,2-7H2,1H3,(H2,11,12). The molecule has 1 amide bonds. The van der Waals surface area contributed by atoms with Gasteiger partial charge < -0.3 is 10.5 Å². The summed E-state index contributed by atoms with van der Waals surface area (Å²) in [5.41, 5.74) is 4.91. The molecule has 0 bridgehead atoms. The third-order valence-corrected chi connectivity index (χ3v) is 2.94. The van der Waals surface area contributed by atoms with Crippen LogP contribution in [0.3, 0.4) is 0 Å². The van der Waals surface area contributed by atoms with Crippen LogP contribution in [-0.4, -0.2) is 12.7 Å². The number of carbonyl (C=O) groups is 1. The van der Waals surface area contributed by atoms with Gasteiger partial charge in [-0.2, -0.15) is 0 Å². The first-order chi connectivity index (χ1) is 6.20. The highest BCUT2D eigenvalue weighted by Gasteiger charge is 2.20. The minimum absolute atomic E-state index is 0.466. The average molecular weight is 185 g/mol. The first-order valence-electron chi connectivity index (χ1n) is 5.12. The third-order valence-electron chi connectivity index (χ3n) is 2.94. The molecule has 1 rings (SSSR count). The Labute approximate surface area is 79.6 Å². The van der Waals surface area contributed by atoms with Crippen molar-refractivity contribution in [3.63, 3.8) is 0 Å². The summed E-state index contributed by atoms with van der Waals surface area (Å²) in [5, 5.41) is 0. The lowest BCUT2D eigenvalue weighted by Crippen LogP contribution is -2.23. The van der Waals surface area contributed by atoms with Crippen LogP contribution in [0, 0.1) is 11.8 Å². The van der Waals surface area contributed by atoms with Crippen molar-refractivity contribution in [3.8, 4) is 0 Å². The maximum Gasteiger partial charge on any atom is 0.404 e. The molecule has 0 heterocycles. The largest absolute Gasteiger partial charge is 0.449 e. The molecule has 3 nitrogen and oxygen atoms in total. The molecular formula is C10H19NO2. The molecule has 0 saturated heterocycles. The summed E-state index contributed by atoms with van der Waals surface area (Å²) in [7, 11) is 0. The van der Waals surface area contributed by atoms with Gasteiger partial charge in [-0.1, -0.05) is 39.0 Å². The number of amides is 1. The van der Waals surface area contributed by atoms with Crippen LogP contribution in [0.2, 0.25) is 0 Å². The topological polar surface area (TPSA) is 52.3 Å². The van der Waals surface area contributed by atoms with Crippen molar-refractivity contribution in [1.82, 2.24) is 0 Å². The molecule has 0 aromatic carbocycles. The van der Waals surface area contributed by atoms with Crippen LogP contribution >= 0.6 is 0 Å². The first kappa shape index (κ1) is 10.4. The molecule has 0 spiro atoms. The Kier molecular flexibility index (Phi) is 4.06. The highest BCUT2D eigenvalue weighted by molar-refractivity contribution is 5.64. The fourth-order valence-electron chi connectivity index (χ4n) is 2.05. The second kappa shape index (κ2) is 5.10. The lowest BCUT2D eigenvalue weighted by molar-refractivity contribution is 0.113. The summed E-state index contributed by atoms with van der Waals surface area (Å²) in [5.74, 6) is 1.20. The normalized spacial score (nSPS) is 21.0. The summed E-state index contributed by atoms with van der Waals surface area (Å²) in [6.07, 6.45) is 5.92. The Morgan fingerprint density at radius 3 is 2.62 bits per heavy atom. The third kappa shape index (κ3) is 3.66. The fourth-order valence-corrected chi connectivity index (χ4v) is 2.05. The molecule has 1 atom stereocenters. The van der Waals surface area contributed by atoms with Crippen molar-refractivity contribution in [3.05, 3.63) is 0 Å². The maximum absolute atomic E-state index is 10.4. The molecule has 0 radical (unpaired) electrons. The number of hydrogen-bond acceptors (Lipinski definition) is 2. The quantitative estimate of drug-likeness (QED) is 0.733. The van der Waals surface area contributed by atoms with Crippen LogP contribution in [0.25, 0.3) is 0 Å². The number of carbonyl (C=O) groups excluding carboxylic acids is 1. The molecule has 0 aromatic rings. The van der Waals surface area contributed by atoms with E-state index in [2.05, 4.69) is 6.92 Å². The molecular weight excluding hydrogens is 166 g/mol. The molecule has 2 N–H and O–H groups in total. The van der Waals surface area contributed by atoms with Crippen LogP contribution in [0.4, 0.5) is 4.79 Å². The maximum atomic E-state index is 10.4. The van der Waals surface area contributed by atoms with E-state index in [1.54, 1.807) is 0 Å². The van der Waals surface area contributed by atoms with Gasteiger partial charge >= 0.3 is 6.09 Å². The number of rotatable bonds is 3. The van der Waals surface area contributed by atoms with E-state index in [1.807, 2.05) is 0 Å². The fraction of sp³-hybridized carbons (Fsp3) is 0.900. The predicted octanol–water partition coefficient (Wildman–Crippen LogP) is 2.30. The Morgan fingerprint density at radius 1 is 1.46 bits per heavy atom. The van der Waals surface area contributed by atoms with Gasteiger partial charge in [-0.3, -0.25) is 0 Å². The van der Waals surface area contributed by atoms with E-state index in [0.717, 1.165) is 5.92 Å². The zero-order chi connectivity index (χ0) is 9.68. The van der Waals surface area contributed by atoms with Crippen molar-refractivity contribution in [2.75, 3.05) is 6.61 Å². The molecule has 3 heteroatoms. The van der Waals surface area contributed by atoms with Crippen molar-refractivity contribution < 1.29 is 9.53 Å². The average Bonchev–Trinajstić information content (AvgIpc) is 2.15. The van der Waals surface area contributed by atoms with Crippen molar-refractivity contribution in [2.45, 2.75) is 39.0 Å². The summed E-state index contributed by atoms with van der Waals surface area (Å²) in [4.78, 5) is 10.4. The Hall–Kier alpha value is -0.730. The number of primary amides is 1. The number of nitrogens with two attached hydrogens (primary N) is 1. The van der Waals surface area contributed by atoms with Gasteiger partial charge in [0, 0.05) is 0 Å². The summed E-state index contributed by atoms with van der Waals surface area (Å²) in [6, 6.07) is 0. The zero-order valence-electron chi connectivity index (χ0n) is 8.29. The van der Waals surface area contributed by atoms with Crippen molar-refractivity contribution >= 4 is 6.09 Å². The molecule has 0 aromatic heterocycles. The first-order valence-corrected chi connectivity index (χ1v) is 5.12. The summed E-state index contributed by atoms with van der Waals surface area (Å²) >= 11 is 0. The van der Waals surface area contributed by atoms with Crippen LogP contribution in [0.15, 0.2) is 0 Å². The van der Waals surface area contributed by atoms with Gasteiger partial charge in [0.05, 0.1) is 6.61 Å². The monoisotopic (exact) mass is 185 g/mol. The number of hydrogen-bond donors (Lipinski definition) is 1. The van der Waals surface area contributed by atoms with Gasteiger partial charge in [0.2, 0.25) is 0 Å². The van der Waals surface area contributed by atoms with Gasteiger partial charge in [-0.15, -0.1) is 0 Å². The Bertz CT molecular complexity index is 164. The van der Waals surface area contributed by atoms with E-state index in [4.69, 9.17) is 10.5 Å². The van der Waals surface area contributed by atoms with Gasteiger partial charge in [-0.25, -0.2) is 4.79 Å². The smallest absolute Gasteiger partial charge is 0.404 e. The lowest BCUT2D eigenvalue weighted by atomic mass is 9.81. The predicted molar refractivity (Wildman–Crippen MR) is 51.3 cm³/mol. The highest BCUT2D eigenvalue weighted by atomic mass is 16.5. The molecule has 1 saturated carbocycles. The molecule has 76 valence electrons. The van der Waals surface area contributed by atoms with Gasteiger partial charge in [0.25, 0.3) is 0 Å². The van der Waals surface area contributed by atoms with Gasteiger partial charge in [-0.05, 0) is 11.8 Å². The van der Waals surface area contributed by atoms with E-state index in [-0.39, 0.29) is 0 Å². The molecule has 1 aliphatic carbocycles. The zero-order valence-corrected chi connectivity index (χ0v) is 8.29.